The van der Waals surface area contributed by atoms with Crippen LogP contribution in [0.5, 0.6) is 0 Å². The fourth-order valence-corrected chi connectivity index (χ4v) is 2.74. The lowest BCUT2D eigenvalue weighted by Gasteiger charge is -2.16. The Bertz CT molecular complexity index is 872. The molecule has 1 aromatic rings. The first-order chi connectivity index (χ1) is 15.1. The maximum absolute atomic E-state index is 11.0. The lowest BCUT2D eigenvalue weighted by molar-refractivity contribution is -0.224. The van der Waals surface area contributed by atoms with Crippen molar-refractivity contribution < 1.29 is 14.1 Å². The fraction of sp³-hybridized carbons (Fsp3) is 0.217. The summed E-state index contributed by atoms with van der Waals surface area (Å²) in [7, 11) is 0. The maximum atomic E-state index is 11.0. The zero-order valence-corrected chi connectivity index (χ0v) is 19.1. The molecule has 31 heavy (non-hydrogen) atoms. The summed E-state index contributed by atoms with van der Waals surface area (Å²) in [5.41, 5.74) is 11.0. The Hall–Kier alpha value is -3.07. The molecule has 7 nitrogen and oxygen atoms in total. The lowest BCUT2D eigenvalue weighted by atomic mass is 10.0. The summed E-state index contributed by atoms with van der Waals surface area (Å²) in [4.78, 5) is 21.4. The van der Waals surface area contributed by atoms with Crippen molar-refractivity contribution in [2.24, 2.45) is 10.7 Å². The van der Waals surface area contributed by atoms with Gasteiger partial charge in [0, 0.05) is 25.1 Å². The van der Waals surface area contributed by atoms with Gasteiger partial charge < -0.3 is 11.1 Å². The molecular weight excluding hydrogens is 412 g/mol. The Kier molecular flexibility index (Phi) is 13.2. The van der Waals surface area contributed by atoms with Gasteiger partial charge in [-0.2, -0.15) is 0 Å². The van der Waals surface area contributed by atoms with E-state index in [2.05, 4.69) is 15.8 Å². The molecule has 1 heterocycles. The summed E-state index contributed by atoms with van der Waals surface area (Å²) in [6, 6.07) is 9.83. The highest BCUT2D eigenvalue weighted by atomic mass is 32.2. The van der Waals surface area contributed by atoms with Crippen LogP contribution in [0, 0.1) is 0 Å². The molecule has 0 aromatic heterocycles. The van der Waals surface area contributed by atoms with E-state index in [4.69, 9.17) is 15.1 Å². The number of carbonyl (C=O) groups excluding carboxylic acids is 1. The van der Waals surface area contributed by atoms with Crippen LogP contribution in [0.15, 0.2) is 88.6 Å². The molecule has 0 bridgehead atoms. The minimum Gasteiger partial charge on any atom is -0.405 e. The highest BCUT2D eigenvalue weighted by Crippen LogP contribution is 2.24. The van der Waals surface area contributed by atoms with Crippen molar-refractivity contribution >= 4 is 29.5 Å². The van der Waals surface area contributed by atoms with E-state index in [-0.39, 0.29) is 5.91 Å². The molecule has 4 N–H and O–H groups in total. The van der Waals surface area contributed by atoms with Gasteiger partial charge in [-0.05, 0) is 36.9 Å². The van der Waals surface area contributed by atoms with Crippen LogP contribution < -0.4 is 16.5 Å². The minimum absolute atomic E-state index is 0.172. The van der Waals surface area contributed by atoms with Gasteiger partial charge in [-0.1, -0.05) is 61.3 Å². The number of allylic oxidation sites excluding steroid dienone is 5. The largest absolute Gasteiger partial charge is 0.405 e. The SMILES string of the molecule is C/C=C\C(=C\NC(C)=O)SOONC1=NC(c2ccccc2)=C/C(=C/C=C\N)C1.CC. The Morgan fingerprint density at radius 1 is 1.26 bits per heavy atom. The fourth-order valence-electron chi connectivity index (χ4n) is 2.30. The number of carbonyl (C=O) groups is 1. The molecule has 0 saturated heterocycles. The highest BCUT2D eigenvalue weighted by molar-refractivity contribution is 7.98. The van der Waals surface area contributed by atoms with Crippen LogP contribution in [-0.2, 0) is 14.1 Å². The summed E-state index contributed by atoms with van der Waals surface area (Å²) in [5, 5.41) is 2.59. The Labute approximate surface area is 188 Å². The lowest BCUT2D eigenvalue weighted by Crippen LogP contribution is -2.25. The molecule has 0 saturated carbocycles. The van der Waals surface area contributed by atoms with Crippen LogP contribution >= 0.6 is 12.0 Å². The van der Waals surface area contributed by atoms with Crippen molar-refractivity contribution in [3.8, 4) is 0 Å². The van der Waals surface area contributed by atoms with Crippen molar-refractivity contribution in [1.29, 1.82) is 0 Å². The number of amides is 1. The zero-order chi connectivity index (χ0) is 22.9. The van der Waals surface area contributed by atoms with E-state index in [0.29, 0.717) is 17.2 Å². The van der Waals surface area contributed by atoms with Crippen molar-refractivity contribution in [2.75, 3.05) is 0 Å². The number of hydrogen-bond donors (Lipinski definition) is 3. The first-order valence-corrected chi connectivity index (χ1v) is 10.6. The Balaban J connectivity index is 0.00000233. The van der Waals surface area contributed by atoms with E-state index in [0.717, 1.165) is 28.9 Å². The van der Waals surface area contributed by atoms with Crippen LogP contribution in [0.1, 0.15) is 39.7 Å². The monoisotopic (exact) mass is 442 g/mol. The van der Waals surface area contributed by atoms with E-state index in [9.17, 15) is 4.79 Å². The number of nitrogens with one attached hydrogen (secondary N) is 2. The Morgan fingerprint density at radius 3 is 2.65 bits per heavy atom. The normalized spacial score (nSPS) is 15.4. The van der Waals surface area contributed by atoms with Crippen LogP contribution in [0.25, 0.3) is 5.70 Å². The zero-order valence-electron chi connectivity index (χ0n) is 18.3. The molecule has 2 rings (SSSR count). The number of amidine groups is 1. The van der Waals surface area contributed by atoms with E-state index >= 15 is 0 Å². The third-order valence-corrected chi connectivity index (χ3v) is 4.09. The maximum Gasteiger partial charge on any atom is 0.220 e. The molecule has 1 amide bonds. The number of hydroxylamine groups is 1. The third kappa shape index (κ3) is 10.5. The standard InChI is InChI=1S/C21H24N4O3S.C2H6/c1-3-8-19(15-23-16(2)26)29-28-27-25-21-14-17(9-7-12-22)13-20(24-21)18-10-5-4-6-11-18;1-2/h3-13,15H,14,22H2,1-2H3,(H,23,26)(H,24,25);1-2H3/b8-3-,12-7-,17-9-,19-15-;. The molecule has 1 aromatic carbocycles. The van der Waals surface area contributed by atoms with Gasteiger partial charge in [0.2, 0.25) is 5.91 Å². The number of hydrogen-bond acceptors (Lipinski definition) is 7. The van der Waals surface area contributed by atoms with E-state index in [1.165, 1.54) is 19.3 Å². The molecule has 0 radical (unpaired) electrons. The van der Waals surface area contributed by atoms with Crippen LogP contribution in [0.4, 0.5) is 0 Å². The second-order valence-electron chi connectivity index (χ2n) is 5.84. The predicted octanol–water partition coefficient (Wildman–Crippen LogP) is 4.91. The molecule has 166 valence electrons. The number of aliphatic imine (C=N–C) groups is 1. The number of nitrogens with two attached hydrogens (primary N) is 1. The van der Waals surface area contributed by atoms with Crippen molar-refractivity contribution in [2.45, 2.75) is 34.1 Å². The quantitative estimate of drug-likeness (QED) is 0.174. The van der Waals surface area contributed by atoms with Crippen LogP contribution in [0.2, 0.25) is 0 Å². The number of benzene rings is 1. The van der Waals surface area contributed by atoms with Crippen LogP contribution in [0.3, 0.4) is 0 Å². The molecule has 1 aliphatic heterocycles. The summed E-state index contributed by atoms with van der Waals surface area (Å²) in [5.74, 6) is 0.413. The molecule has 0 aliphatic carbocycles. The highest BCUT2D eigenvalue weighted by Gasteiger charge is 2.13. The third-order valence-electron chi connectivity index (χ3n) is 3.51. The van der Waals surface area contributed by atoms with Gasteiger partial charge in [-0.3, -0.25) is 4.79 Å². The van der Waals surface area contributed by atoms with E-state index in [1.807, 2.05) is 69.3 Å². The van der Waals surface area contributed by atoms with Gasteiger partial charge in [0.15, 0.2) is 0 Å². The topological polar surface area (TPSA) is 98.0 Å². The van der Waals surface area contributed by atoms with Gasteiger partial charge in [0.1, 0.15) is 5.84 Å². The van der Waals surface area contributed by atoms with Crippen molar-refractivity contribution in [3.05, 3.63) is 89.2 Å². The molecule has 1 aliphatic rings. The van der Waals surface area contributed by atoms with E-state index < -0.39 is 0 Å². The first kappa shape index (κ1) is 26.0. The summed E-state index contributed by atoms with van der Waals surface area (Å²) < 4.78 is 5.12. The minimum atomic E-state index is -0.172. The van der Waals surface area contributed by atoms with Gasteiger partial charge in [-0.25, -0.2) is 10.5 Å². The van der Waals surface area contributed by atoms with Gasteiger partial charge in [0.05, 0.1) is 22.6 Å². The molecule has 0 spiro atoms. The second kappa shape index (κ2) is 15.7. The molecule has 0 unspecified atom stereocenters. The number of rotatable bonds is 8. The number of nitrogens with zero attached hydrogens (tertiary/aromatic N) is 1. The van der Waals surface area contributed by atoms with E-state index in [1.54, 1.807) is 12.2 Å². The van der Waals surface area contributed by atoms with Crippen molar-refractivity contribution in [1.82, 2.24) is 10.8 Å². The summed E-state index contributed by atoms with van der Waals surface area (Å²) in [6.07, 6.45) is 12.8. The second-order valence-corrected chi connectivity index (χ2v) is 6.62. The first-order valence-electron chi connectivity index (χ1n) is 9.90. The molecule has 0 atom stereocenters. The average molecular weight is 443 g/mol. The van der Waals surface area contributed by atoms with Gasteiger partial charge >= 0.3 is 0 Å². The van der Waals surface area contributed by atoms with Crippen molar-refractivity contribution in [3.63, 3.8) is 0 Å². The van der Waals surface area contributed by atoms with Gasteiger partial charge in [-0.15, -0.1) is 4.33 Å². The smallest absolute Gasteiger partial charge is 0.220 e. The average Bonchev–Trinajstić information content (AvgIpc) is 2.80. The summed E-state index contributed by atoms with van der Waals surface area (Å²) in [6.45, 7) is 7.29. The summed E-state index contributed by atoms with van der Waals surface area (Å²) >= 11 is 0.951. The van der Waals surface area contributed by atoms with Crippen LogP contribution in [-0.4, -0.2) is 11.7 Å². The predicted molar refractivity (Wildman–Crippen MR) is 129 cm³/mol. The van der Waals surface area contributed by atoms with Gasteiger partial charge in [0.25, 0.3) is 0 Å². The Morgan fingerprint density at radius 2 is 2.00 bits per heavy atom. The molecule has 8 heteroatoms. The molecule has 0 fully saturated rings. The molecular formula is C23H30N4O3S.